The number of rotatable bonds is 5. The third kappa shape index (κ3) is 6.03. The van der Waals surface area contributed by atoms with E-state index in [4.69, 9.17) is 26.8 Å². The number of nitrogens with zero attached hydrogens (tertiary/aromatic N) is 1. The van der Waals surface area contributed by atoms with E-state index in [1.165, 1.54) is 0 Å². The lowest BCUT2D eigenvalue weighted by atomic mass is 9.91. The van der Waals surface area contributed by atoms with Crippen LogP contribution in [0.3, 0.4) is 0 Å². The first-order valence-electron chi connectivity index (χ1n) is 8.80. The number of carbonyl (C=O) groups excluding carboxylic acids is 1. The molecule has 0 saturated carbocycles. The fourth-order valence-corrected chi connectivity index (χ4v) is 3.76. The Hall–Kier alpha value is -0.920. The number of nitrogens with two attached hydrogens (primary N) is 1. The summed E-state index contributed by atoms with van der Waals surface area (Å²) in [5.74, 6) is 0.936. The van der Waals surface area contributed by atoms with Gasteiger partial charge in [0.1, 0.15) is 5.75 Å². The van der Waals surface area contributed by atoms with Crippen LogP contribution in [0.5, 0.6) is 5.75 Å². The summed E-state index contributed by atoms with van der Waals surface area (Å²) in [6, 6.07) is 5.20. The molecule has 2 aliphatic heterocycles. The Balaban J connectivity index is 0.00000182. The molecule has 1 aromatic rings. The maximum Gasteiger partial charge on any atom is 0.237 e. The lowest BCUT2D eigenvalue weighted by Gasteiger charge is -2.28. The predicted molar refractivity (Wildman–Crippen MR) is 113 cm³/mol. The molecule has 6 nitrogen and oxygen atoms in total. The number of carbonyl (C=O) groups is 1. The zero-order chi connectivity index (χ0) is 17.8. The second kappa shape index (κ2) is 11.2. The van der Waals surface area contributed by atoms with Crippen LogP contribution in [0.2, 0.25) is 5.02 Å². The van der Waals surface area contributed by atoms with Gasteiger partial charge in [-0.25, -0.2) is 0 Å². The van der Waals surface area contributed by atoms with Crippen molar-refractivity contribution in [1.82, 2.24) is 5.32 Å². The Kier molecular flexibility index (Phi) is 9.98. The van der Waals surface area contributed by atoms with Gasteiger partial charge in [0.25, 0.3) is 0 Å². The fraction of sp³-hybridized carbons (Fsp3) is 0.611. The van der Waals surface area contributed by atoms with E-state index >= 15 is 0 Å². The standard InChI is InChI=1S/C18H26ClN3O3.2ClH/c1-24-16-3-2-13(19)10-15(16)22-7-4-14(11-22)21-18(23)17(20)12-5-8-25-9-6-12;;/h2-3,10,12,14,17H,4-9,11,20H2,1H3,(H,21,23);2*1H. The van der Waals surface area contributed by atoms with Crippen molar-refractivity contribution in [3.63, 3.8) is 0 Å². The van der Waals surface area contributed by atoms with Gasteiger partial charge >= 0.3 is 0 Å². The normalized spacial score (nSPS) is 21.0. The van der Waals surface area contributed by atoms with Crippen LogP contribution in [0.15, 0.2) is 18.2 Å². The van der Waals surface area contributed by atoms with Crippen LogP contribution in [-0.2, 0) is 9.53 Å². The van der Waals surface area contributed by atoms with Crippen LogP contribution in [0, 0.1) is 5.92 Å². The number of hydrogen-bond acceptors (Lipinski definition) is 5. The summed E-state index contributed by atoms with van der Waals surface area (Å²) in [7, 11) is 1.65. The molecule has 2 heterocycles. The average Bonchev–Trinajstić information content (AvgIpc) is 3.10. The van der Waals surface area contributed by atoms with Gasteiger partial charge in [-0.1, -0.05) is 11.6 Å². The maximum absolute atomic E-state index is 12.5. The van der Waals surface area contributed by atoms with Gasteiger partial charge in [-0.15, -0.1) is 24.8 Å². The lowest BCUT2D eigenvalue weighted by molar-refractivity contribution is -0.124. The Morgan fingerprint density at radius 2 is 2.04 bits per heavy atom. The molecule has 9 heteroatoms. The minimum absolute atomic E-state index is 0. The molecule has 1 aromatic carbocycles. The van der Waals surface area contributed by atoms with Crippen molar-refractivity contribution in [2.24, 2.45) is 11.7 Å². The molecule has 0 aliphatic carbocycles. The van der Waals surface area contributed by atoms with Crippen LogP contribution in [0.4, 0.5) is 5.69 Å². The summed E-state index contributed by atoms with van der Waals surface area (Å²) < 4.78 is 10.8. The van der Waals surface area contributed by atoms with Crippen molar-refractivity contribution in [1.29, 1.82) is 0 Å². The SMILES string of the molecule is COc1ccc(Cl)cc1N1CCC(NC(=O)C(N)C2CCOCC2)C1.Cl.Cl. The molecule has 0 radical (unpaired) electrons. The zero-order valence-corrected chi connectivity index (χ0v) is 17.7. The van der Waals surface area contributed by atoms with Gasteiger partial charge < -0.3 is 25.4 Å². The molecular formula is C18H28Cl3N3O3. The van der Waals surface area contributed by atoms with Gasteiger partial charge in [-0.2, -0.15) is 0 Å². The molecular weight excluding hydrogens is 413 g/mol. The first-order chi connectivity index (χ1) is 12.1. The monoisotopic (exact) mass is 439 g/mol. The van der Waals surface area contributed by atoms with E-state index in [9.17, 15) is 4.79 Å². The van der Waals surface area contributed by atoms with Crippen molar-refractivity contribution in [2.75, 3.05) is 38.3 Å². The van der Waals surface area contributed by atoms with E-state index < -0.39 is 6.04 Å². The van der Waals surface area contributed by atoms with Gasteiger partial charge in [0.15, 0.2) is 0 Å². The summed E-state index contributed by atoms with van der Waals surface area (Å²) in [4.78, 5) is 14.7. The quantitative estimate of drug-likeness (QED) is 0.736. The largest absolute Gasteiger partial charge is 0.495 e. The number of amides is 1. The number of anilines is 1. The third-order valence-corrected chi connectivity index (χ3v) is 5.33. The van der Waals surface area contributed by atoms with Gasteiger partial charge in [0.05, 0.1) is 18.8 Å². The molecule has 1 amide bonds. The summed E-state index contributed by atoms with van der Waals surface area (Å²) >= 11 is 6.12. The molecule has 2 saturated heterocycles. The second-order valence-corrected chi connectivity index (χ2v) is 7.17. The van der Waals surface area contributed by atoms with Crippen LogP contribution in [0.25, 0.3) is 0 Å². The fourth-order valence-electron chi connectivity index (χ4n) is 3.59. The molecule has 0 bridgehead atoms. The second-order valence-electron chi connectivity index (χ2n) is 6.73. The Bertz CT molecular complexity index is 615. The van der Waals surface area contributed by atoms with Gasteiger partial charge in [-0.05, 0) is 43.4 Å². The molecule has 2 aliphatic rings. The van der Waals surface area contributed by atoms with Crippen molar-refractivity contribution >= 4 is 48.0 Å². The maximum atomic E-state index is 12.5. The average molecular weight is 441 g/mol. The van der Waals surface area contributed by atoms with E-state index in [0.717, 1.165) is 43.8 Å². The number of ether oxygens (including phenoxy) is 2. The number of benzene rings is 1. The van der Waals surface area contributed by atoms with Crippen molar-refractivity contribution in [3.8, 4) is 5.75 Å². The van der Waals surface area contributed by atoms with E-state index in [1.807, 2.05) is 18.2 Å². The third-order valence-electron chi connectivity index (χ3n) is 5.09. The zero-order valence-electron chi connectivity index (χ0n) is 15.4. The highest BCUT2D eigenvalue weighted by Crippen LogP contribution is 2.33. The van der Waals surface area contributed by atoms with Crippen molar-refractivity contribution in [2.45, 2.75) is 31.3 Å². The topological polar surface area (TPSA) is 76.8 Å². The minimum Gasteiger partial charge on any atom is -0.495 e. The number of nitrogens with one attached hydrogen (secondary N) is 1. The molecule has 0 spiro atoms. The summed E-state index contributed by atoms with van der Waals surface area (Å²) in [5.41, 5.74) is 7.12. The molecule has 0 aromatic heterocycles. The molecule has 3 rings (SSSR count). The summed E-state index contributed by atoms with van der Waals surface area (Å²) in [6.07, 6.45) is 2.58. The van der Waals surface area contributed by atoms with Crippen molar-refractivity contribution in [3.05, 3.63) is 23.2 Å². The van der Waals surface area contributed by atoms with E-state index in [0.29, 0.717) is 18.2 Å². The smallest absolute Gasteiger partial charge is 0.237 e. The Morgan fingerprint density at radius 1 is 1.33 bits per heavy atom. The summed E-state index contributed by atoms with van der Waals surface area (Å²) in [6.45, 7) is 2.95. The van der Waals surface area contributed by atoms with Gasteiger partial charge in [0.2, 0.25) is 5.91 Å². The predicted octanol–water partition coefficient (Wildman–Crippen LogP) is 2.64. The van der Waals surface area contributed by atoms with Gasteiger partial charge in [-0.3, -0.25) is 4.79 Å². The molecule has 3 N–H and O–H groups in total. The minimum atomic E-state index is -0.460. The van der Waals surface area contributed by atoms with Gasteiger partial charge in [0, 0.05) is 37.4 Å². The van der Waals surface area contributed by atoms with E-state index in [1.54, 1.807) is 7.11 Å². The highest BCUT2D eigenvalue weighted by molar-refractivity contribution is 6.30. The molecule has 2 atom stereocenters. The molecule has 2 fully saturated rings. The first kappa shape index (κ1) is 24.1. The Labute approximate surface area is 177 Å². The van der Waals surface area contributed by atoms with Crippen LogP contribution < -0.4 is 20.7 Å². The van der Waals surface area contributed by atoms with E-state index in [-0.39, 0.29) is 42.7 Å². The molecule has 2 unspecified atom stereocenters. The highest BCUT2D eigenvalue weighted by atomic mass is 35.5. The highest BCUT2D eigenvalue weighted by Gasteiger charge is 2.31. The molecule has 154 valence electrons. The van der Waals surface area contributed by atoms with Crippen LogP contribution in [0.1, 0.15) is 19.3 Å². The lowest BCUT2D eigenvalue weighted by Crippen LogP contribution is -2.50. The Morgan fingerprint density at radius 3 is 2.70 bits per heavy atom. The van der Waals surface area contributed by atoms with Crippen LogP contribution in [-0.4, -0.2) is 51.4 Å². The number of methoxy groups -OCH3 is 1. The number of hydrogen-bond donors (Lipinski definition) is 2. The van der Waals surface area contributed by atoms with Crippen LogP contribution >= 0.6 is 36.4 Å². The van der Waals surface area contributed by atoms with E-state index in [2.05, 4.69) is 10.2 Å². The van der Waals surface area contributed by atoms with Crippen molar-refractivity contribution < 1.29 is 14.3 Å². The molecule has 27 heavy (non-hydrogen) atoms. The summed E-state index contributed by atoms with van der Waals surface area (Å²) in [5, 5.41) is 3.78. The first-order valence-corrected chi connectivity index (χ1v) is 9.18. The number of halogens is 3.